The fourth-order valence-corrected chi connectivity index (χ4v) is 2.27. The summed E-state index contributed by atoms with van der Waals surface area (Å²) in [6.07, 6.45) is 3.08. The molecule has 104 valence electrons. The first-order chi connectivity index (χ1) is 9.25. The van der Waals surface area contributed by atoms with Gasteiger partial charge in [0.15, 0.2) is 0 Å². The predicted octanol–water partition coefficient (Wildman–Crippen LogP) is 2.56. The van der Waals surface area contributed by atoms with Crippen molar-refractivity contribution in [2.45, 2.75) is 38.4 Å². The van der Waals surface area contributed by atoms with Crippen molar-refractivity contribution in [2.75, 3.05) is 13.1 Å². The number of hydrogen-bond acceptors (Lipinski definition) is 3. The van der Waals surface area contributed by atoms with Crippen molar-refractivity contribution >= 4 is 6.09 Å². The summed E-state index contributed by atoms with van der Waals surface area (Å²) in [7, 11) is 0. The summed E-state index contributed by atoms with van der Waals surface area (Å²) in [6, 6.07) is 9.62. The molecule has 19 heavy (non-hydrogen) atoms. The van der Waals surface area contributed by atoms with Crippen LogP contribution in [0.2, 0.25) is 0 Å². The summed E-state index contributed by atoms with van der Waals surface area (Å²) in [5.74, 6) is 0. The maximum Gasteiger partial charge on any atom is 0.410 e. The van der Waals surface area contributed by atoms with Crippen LogP contribution in [0.4, 0.5) is 4.79 Å². The number of ether oxygens (including phenoxy) is 1. The molecule has 1 N–H and O–H groups in total. The van der Waals surface area contributed by atoms with Crippen LogP contribution in [-0.2, 0) is 11.3 Å². The highest BCUT2D eigenvalue weighted by molar-refractivity contribution is 5.67. The molecule has 1 aromatic carbocycles. The first-order valence-corrected chi connectivity index (χ1v) is 6.89. The average Bonchev–Trinajstić information content (AvgIpc) is 2.41. The molecule has 1 unspecified atom stereocenters. The molecule has 1 amide bonds. The monoisotopic (exact) mass is 263 g/mol. The highest BCUT2D eigenvalue weighted by atomic mass is 16.6. The van der Waals surface area contributed by atoms with Gasteiger partial charge in [-0.05, 0) is 18.4 Å². The van der Waals surface area contributed by atoms with Crippen LogP contribution in [0.1, 0.15) is 31.2 Å². The van der Waals surface area contributed by atoms with Crippen LogP contribution >= 0.6 is 0 Å². The number of aliphatic hydroxyl groups excluding tert-OH is 1. The molecule has 0 spiro atoms. The van der Waals surface area contributed by atoms with Gasteiger partial charge in [0, 0.05) is 13.1 Å². The zero-order valence-electron chi connectivity index (χ0n) is 11.1. The fraction of sp³-hybridized carbons (Fsp3) is 0.533. The number of rotatable bonds is 2. The molecule has 1 aliphatic rings. The molecule has 4 nitrogen and oxygen atoms in total. The molecule has 1 aliphatic heterocycles. The van der Waals surface area contributed by atoms with Crippen LogP contribution in [0, 0.1) is 0 Å². The lowest BCUT2D eigenvalue weighted by Crippen LogP contribution is -2.39. The average molecular weight is 263 g/mol. The van der Waals surface area contributed by atoms with Gasteiger partial charge < -0.3 is 14.7 Å². The molecule has 2 rings (SSSR count). The van der Waals surface area contributed by atoms with Crippen molar-refractivity contribution in [1.29, 1.82) is 0 Å². The Morgan fingerprint density at radius 3 is 2.84 bits per heavy atom. The van der Waals surface area contributed by atoms with E-state index in [-0.39, 0.29) is 12.7 Å². The molecule has 0 bridgehead atoms. The Balaban J connectivity index is 1.84. The van der Waals surface area contributed by atoms with Crippen LogP contribution in [0.3, 0.4) is 0 Å². The van der Waals surface area contributed by atoms with Crippen LogP contribution in [0.5, 0.6) is 0 Å². The largest absolute Gasteiger partial charge is 0.445 e. The van der Waals surface area contributed by atoms with Crippen molar-refractivity contribution in [3.63, 3.8) is 0 Å². The quantitative estimate of drug-likeness (QED) is 0.892. The van der Waals surface area contributed by atoms with Gasteiger partial charge in [-0.15, -0.1) is 0 Å². The van der Waals surface area contributed by atoms with E-state index in [0.717, 1.165) is 31.2 Å². The molecule has 1 aromatic rings. The summed E-state index contributed by atoms with van der Waals surface area (Å²) in [6.45, 7) is 1.34. The summed E-state index contributed by atoms with van der Waals surface area (Å²) in [5.41, 5.74) is 0.975. The molecule has 0 radical (unpaired) electrons. The number of nitrogens with zero attached hydrogens (tertiary/aromatic N) is 1. The van der Waals surface area contributed by atoms with Crippen LogP contribution < -0.4 is 0 Å². The summed E-state index contributed by atoms with van der Waals surface area (Å²) in [4.78, 5) is 13.6. The number of benzene rings is 1. The molecule has 0 saturated carbocycles. The summed E-state index contributed by atoms with van der Waals surface area (Å²) in [5, 5.41) is 9.77. The molecule has 1 heterocycles. The lowest BCUT2D eigenvalue weighted by molar-refractivity contribution is 0.0596. The van der Waals surface area contributed by atoms with Gasteiger partial charge in [-0.2, -0.15) is 0 Å². The van der Waals surface area contributed by atoms with E-state index in [2.05, 4.69) is 0 Å². The second-order valence-corrected chi connectivity index (χ2v) is 4.99. The normalized spacial score (nSPS) is 20.5. The topological polar surface area (TPSA) is 49.8 Å². The molecule has 0 aliphatic carbocycles. The third kappa shape index (κ3) is 4.56. The number of hydrogen-bond donors (Lipinski definition) is 1. The van der Waals surface area contributed by atoms with E-state index in [4.69, 9.17) is 4.74 Å². The van der Waals surface area contributed by atoms with E-state index in [0.29, 0.717) is 13.1 Å². The highest BCUT2D eigenvalue weighted by Gasteiger charge is 2.20. The van der Waals surface area contributed by atoms with E-state index >= 15 is 0 Å². The van der Waals surface area contributed by atoms with Gasteiger partial charge in [-0.1, -0.05) is 43.2 Å². The minimum Gasteiger partial charge on any atom is -0.445 e. The lowest BCUT2D eigenvalue weighted by Gasteiger charge is -2.26. The Labute approximate surface area is 114 Å². The fourth-order valence-electron chi connectivity index (χ4n) is 2.27. The molecule has 1 atom stereocenters. The third-order valence-electron chi connectivity index (χ3n) is 3.36. The smallest absolute Gasteiger partial charge is 0.410 e. The van der Waals surface area contributed by atoms with Gasteiger partial charge in [-0.3, -0.25) is 0 Å². The summed E-state index contributed by atoms with van der Waals surface area (Å²) < 4.78 is 5.29. The van der Waals surface area contributed by atoms with Crippen molar-refractivity contribution < 1.29 is 14.6 Å². The minimum atomic E-state index is -0.426. The first kappa shape index (κ1) is 13.9. The summed E-state index contributed by atoms with van der Waals surface area (Å²) >= 11 is 0. The number of amides is 1. The Hall–Kier alpha value is -1.55. The second-order valence-electron chi connectivity index (χ2n) is 4.99. The van der Waals surface area contributed by atoms with E-state index in [9.17, 15) is 9.90 Å². The molecule has 1 fully saturated rings. The second kappa shape index (κ2) is 7.14. The van der Waals surface area contributed by atoms with Crippen molar-refractivity contribution in [2.24, 2.45) is 0 Å². The number of β-amino-alcohol motifs (C(OH)–C–C–N with tert-alkyl or cyclic N) is 1. The first-order valence-electron chi connectivity index (χ1n) is 6.89. The Morgan fingerprint density at radius 1 is 1.26 bits per heavy atom. The third-order valence-corrected chi connectivity index (χ3v) is 3.36. The van der Waals surface area contributed by atoms with Crippen LogP contribution in [0.25, 0.3) is 0 Å². The number of likely N-dealkylation sites (tertiary alicyclic amines) is 1. The standard InChI is InChI=1S/C15H21NO3/c17-14-9-5-2-6-10-16(11-14)15(18)19-12-13-7-3-1-4-8-13/h1,3-4,7-8,14,17H,2,5-6,9-12H2. The van der Waals surface area contributed by atoms with E-state index in [1.54, 1.807) is 4.90 Å². The molecular formula is C15H21NO3. The maximum atomic E-state index is 12.0. The molecule has 1 saturated heterocycles. The van der Waals surface area contributed by atoms with Gasteiger partial charge in [0.25, 0.3) is 0 Å². The van der Waals surface area contributed by atoms with E-state index in [1.165, 1.54) is 0 Å². The number of carbonyl (C=O) groups is 1. The Kier molecular flexibility index (Phi) is 5.21. The van der Waals surface area contributed by atoms with Gasteiger partial charge in [0.2, 0.25) is 0 Å². The SMILES string of the molecule is O=C(OCc1ccccc1)N1CCCCCC(O)C1. The zero-order chi connectivity index (χ0) is 13.5. The van der Waals surface area contributed by atoms with Gasteiger partial charge in [-0.25, -0.2) is 4.79 Å². The number of carbonyl (C=O) groups excluding carboxylic acids is 1. The Bertz CT molecular complexity index is 394. The minimum absolute atomic E-state index is 0.284. The van der Waals surface area contributed by atoms with Crippen LogP contribution in [-0.4, -0.2) is 35.3 Å². The van der Waals surface area contributed by atoms with Crippen LogP contribution in [0.15, 0.2) is 30.3 Å². The molecule has 4 heteroatoms. The zero-order valence-corrected chi connectivity index (χ0v) is 11.1. The van der Waals surface area contributed by atoms with Crippen molar-refractivity contribution in [3.05, 3.63) is 35.9 Å². The van der Waals surface area contributed by atoms with Crippen molar-refractivity contribution in [3.8, 4) is 0 Å². The van der Waals surface area contributed by atoms with Gasteiger partial charge >= 0.3 is 6.09 Å². The van der Waals surface area contributed by atoms with Crippen molar-refractivity contribution in [1.82, 2.24) is 4.90 Å². The predicted molar refractivity (Wildman–Crippen MR) is 72.7 cm³/mol. The van der Waals surface area contributed by atoms with Gasteiger partial charge in [0.1, 0.15) is 6.61 Å². The Morgan fingerprint density at radius 2 is 2.05 bits per heavy atom. The van der Waals surface area contributed by atoms with E-state index < -0.39 is 6.10 Å². The lowest BCUT2D eigenvalue weighted by atomic mass is 10.1. The highest BCUT2D eigenvalue weighted by Crippen LogP contribution is 2.12. The van der Waals surface area contributed by atoms with E-state index in [1.807, 2.05) is 30.3 Å². The van der Waals surface area contributed by atoms with Gasteiger partial charge in [0.05, 0.1) is 6.10 Å². The molecular weight excluding hydrogens is 242 g/mol. The maximum absolute atomic E-state index is 12.0. The number of aliphatic hydroxyl groups is 1. The molecule has 0 aromatic heterocycles.